The number of nitrogens with one attached hydrogen (secondary N) is 1. The minimum atomic E-state index is -2.66. The summed E-state index contributed by atoms with van der Waals surface area (Å²) in [6.45, 7) is 0. The van der Waals surface area contributed by atoms with Crippen LogP contribution in [-0.2, 0) is 11.2 Å². The van der Waals surface area contributed by atoms with Crippen molar-refractivity contribution in [2.45, 2.75) is 63.0 Å². The normalized spacial score (nSPS) is 18.1. The molecule has 1 heterocycles. The first-order chi connectivity index (χ1) is 17.7. The fourth-order valence-electron chi connectivity index (χ4n) is 4.98. The van der Waals surface area contributed by atoms with Gasteiger partial charge in [0.1, 0.15) is 5.69 Å². The van der Waals surface area contributed by atoms with Crippen molar-refractivity contribution in [2.75, 3.05) is 0 Å². The minimum Gasteiger partial charge on any atom is -0.391 e. The fourth-order valence-corrected chi connectivity index (χ4v) is 4.98. The first kappa shape index (κ1) is 26.6. The van der Waals surface area contributed by atoms with Crippen LogP contribution in [0, 0.1) is 11.8 Å². The number of fused-ring (bicyclic) bond motifs is 1. The molecule has 37 heavy (non-hydrogen) atoms. The van der Waals surface area contributed by atoms with Gasteiger partial charge in [0.2, 0.25) is 11.8 Å². The molecule has 3 atom stereocenters. The van der Waals surface area contributed by atoms with Crippen LogP contribution in [0.3, 0.4) is 0 Å². The maximum Gasteiger partial charge on any atom is 0.271 e. The number of carbonyl (C=O) groups is 2. The Morgan fingerprint density at radius 3 is 2.38 bits per heavy atom. The highest BCUT2D eigenvalue weighted by Gasteiger charge is 2.37. The number of hydrogen-bond acceptors (Lipinski definition) is 5. The Morgan fingerprint density at radius 1 is 1.05 bits per heavy atom. The van der Waals surface area contributed by atoms with E-state index in [4.69, 9.17) is 5.73 Å². The number of hydrogen-bond donors (Lipinski definition) is 3. The highest BCUT2D eigenvalue weighted by molar-refractivity contribution is 5.94. The molecule has 1 saturated carbocycles. The number of para-hydroxylation sites is 2. The quantitative estimate of drug-likeness (QED) is 0.381. The van der Waals surface area contributed by atoms with Gasteiger partial charge in [-0.05, 0) is 55.7 Å². The SMILES string of the molecule is NC(=O)[C@H](CC1CCC(F)(F)CC1)C[C@H](O)[C@H](Cc1ccccc1)NC(=O)c1cnc2ccccc2n1. The average molecular weight is 511 g/mol. The van der Waals surface area contributed by atoms with Gasteiger partial charge in [-0.3, -0.25) is 14.6 Å². The fraction of sp³-hybridized carbons (Fsp3) is 0.429. The highest BCUT2D eigenvalue weighted by atomic mass is 19.3. The summed E-state index contributed by atoms with van der Waals surface area (Å²) in [4.78, 5) is 34.0. The summed E-state index contributed by atoms with van der Waals surface area (Å²) in [5, 5.41) is 14.1. The molecule has 9 heteroatoms. The number of nitrogens with two attached hydrogens (primary N) is 1. The maximum atomic E-state index is 13.6. The molecule has 0 unspecified atom stereocenters. The van der Waals surface area contributed by atoms with Gasteiger partial charge in [-0.25, -0.2) is 13.8 Å². The minimum absolute atomic E-state index is 0.0173. The summed E-state index contributed by atoms with van der Waals surface area (Å²) in [6, 6.07) is 15.8. The molecular weight excluding hydrogens is 478 g/mol. The molecule has 1 aromatic heterocycles. The van der Waals surface area contributed by atoms with E-state index >= 15 is 0 Å². The van der Waals surface area contributed by atoms with Crippen LogP contribution >= 0.6 is 0 Å². The first-order valence-electron chi connectivity index (χ1n) is 12.6. The Balaban J connectivity index is 1.48. The number of carbonyl (C=O) groups excluding carboxylic acids is 2. The van der Waals surface area contributed by atoms with E-state index in [0.717, 1.165) is 5.56 Å². The van der Waals surface area contributed by atoms with Gasteiger partial charge in [0.15, 0.2) is 0 Å². The lowest BCUT2D eigenvalue weighted by molar-refractivity contribution is -0.124. The Hall–Kier alpha value is -3.46. The molecule has 0 aliphatic heterocycles. The molecule has 1 aliphatic carbocycles. The van der Waals surface area contributed by atoms with E-state index in [1.54, 1.807) is 18.2 Å². The van der Waals surface area contributed by atoms with Gasteiger partial charge in [0.05, 0.1) is 29.4 Å². The number of alkyl halides is 2. The molecule has 0 bridgehead atoms. The summed E-state index contributed by atoms with van der Waals surface area (Å²) < 4.78 is 27.1. The molecular formula is C28H32F2N4O3. The molecule has 1 fully saturated rings. The van der Waals surface area contributed by atoms with Crippen molar-refractivity contribution in [1.82, 2.24) is 15.3 Å². The van der Waals surface area contributed by atoms with Crippen molar-refractivity contribution in [3.8, 4) is 0 Å². The molecule has 2 aromatic carbocycles. The molecule has 1 aliphatic rings. The van der Waals surface area contributed by atoms with Crippen LogP contribution < -0.4 is 11.1 Å². The summed E-state index contributed by atoms with van der Waals surface area (Å²) in [7, 11) is 0. The van der Waals surface area contributed by atoms with Gasteiger partial charge in [-0.2, -0.15) is 0 Å². The highest BCUT2D eigenvalue weighted by Crippen LogP contribution is 2.39. The lowest BCUT2D eigenvalue weighted by Gasteiger charge is -2.31. The first-order valence-corrected chi connectivity index (χ1v) is 12.6. The number of aromatic nitrogens is 2. The second-order valence-corrected chi connectivity index (χ2v) is 9.95. The number of nitrogens with zero attached hydrogens (tertiary/aromatic N) is 2. The lowest BCUT2D eigenvalue weighted by atomic mass is 9.79. The molecule has 7 nitrogen and oxygen atoms in total. The third-order valence-electron chi connectivity index (χ3n) is 7.14. The maximum absolute atomic E-state index is 13.6. The van der Waals surface area contributed by atoms with Crippen molar-refractivity contribution in [3.63, 3.8) is 0 Å². The van der Waals surface area contributed by atoms with Crippen molar-refractivity contribution >= 4 is 22.8 Å². The number of aliphatic hydroxyl groups excluding tert-OH is 1. The van der Waals surface area contributed by atoms with E-state index in [1.807, 2.05) is 36.4 Å². The van der Waals surface area contributed by atoms with Crippen LogP contribution in [0.25, 0.3) is 11.0 Å². The number of rotatable bonds is 10. The Morgan fingerprint density at radius 2 is 1.70 bits per heavy atom. The van der Waals surface area contributed by atoms with Crippen LogP contribution in [0.2, 0.25) is 0 Å². The van der Waals surface area contributed by atoms with Gasteiger partial charge in [0.25, 0.3) is 5.91 Å². The zero-order chi connectivity index (χ0) is 26.4. The van der Waals surface area contributed by atoms with E-state index in [0.29, 0.717) is 36.7 Å². The second kappa shape index (κ2) is 11.7. The summed E-state index contributed by atoms with van der Waals surface area (Å²) in [6.07, 6.45) is 1.18. The van der Waals surface area contributed by atoms with Gasteiger partial charge in [-0.1, -0.05) is 42.5 Å². The number of benzene rings is 2. The largest absolute Gasteiger partial charge is 0.391 e. The third kappa shape index (κ3) is 7.29. The number of halogens is 2. The molecule has 0 radical (unpaired) electrons. The topological polar surface area (TPSA) is 118 Å². The molecule has 0 spiro atoms. The summed E-state index contributed by atoms with van der Waals surface area (Å²) in [5.41, 5.74) is 7.88. The molecule has 4 N–H and O–H groups in total. The third-order valence-corrected chi connectivity index (χ3v) is 7.14. The zero-order valence-electron chi connectivity index (χ0n) is 20.5. The Kier molecular flexibility index (Phi) is 8.43. The van der Waals surface area contributed by atoms with Crippen molar-refractivity contribution in [1.29, 1.82) is 0 Å². The molecule has 4 rings (SSSR count). The van der Waals surface area contributed by atoms with Crippen LogP contribution in [0.5, 0.6) is 0 Å². The van der Waals surface area contributed by atoms with Crippen LogP contribution in [0.4, 0.5) is 8.78 Å². The van der Waals surface area contributed by atoms with Crippen molar-refractivity contribution in [2.24, 2.45) is 17.6 Å². The Bertz CT molecular complexity index is 1210. The van der Waals surface area contributed by atoms with Gasteiger partial charge in [-0.15, -0.1) is 0 Å². The summed E-state index contributed by atoms with van der Waals surface area (Å²) in [5.74, 6) is -4.48. The van der Waals surface area contributed by atoms with E-state index in [9.17, 15) is 23.5 Å². The van der Waals surface area contributed by atoms with Crippen LogP contribution in [-0.4, -0.2) is 45.0 Å². The van der Waals surface area contributed by atoms with Crippen molar-refractivity contribution < 1.29 is 23.5 Å². The van der Waals surface area contributed by atoms with E-state index < -0.39 is 35.8 Å². The van der Waals surface area contributed by atoms with Gasteiger partial charge >= 0.3 is 0 Å². The van der Waals surface area contributed by atoms with E-state index in [1.165, 1.54) is 6.20 Å². The van der Waals surface area contributed by atoms with Gasteiger partial charge in [0, 0.05) is 18.8 Å². The van der Waals surface area contributed by atoms with Gasteiger partial charge < -0.3 is 16.2 Å². The van der Waals surface area contributed by atoms with Crippen molar-refractivity contribution in [3.05, 3.63) is 72.1 Å². The summed E-state index contributed by atoms with van der Waals surface area (Å²) >= 11 is 0. The monoisotopic (exact) mass is 510 g/mol. The second-order valence-electron chi connectivity index (χ2n) is 9.95. The molecule has 2 amide bonds. The number of amides is 2. The molecule has 196 valence electrons. The molecule has 3 aromatic rings. The average Bonchev–Trinajstić information content (AvgIpc) is 2.89. The van der Waals surface area contributed by atoms with E-state index in [2.05, 4.69) is 15.3 Å². The number of primary amides is 1. The standard InChI is InChI=1S/C28H32F2N4O3/c29-28(30)12-10-19(11-13-28)14-20(26(31)36)16-25(35)23(15-18-6-2-1-3-7-18)34-27(37)24-17-32-21-8-4-5-9-22(21)33-24/h1-9,17,19-20,23,25,35H,10-16H2,(H2,31,36)(H,34,37)/t20-,23+,25+/m1/s1. The Labute approximate surface area is 214 Å². The van der Waals surface area contributed by atoms with Crippen LogP contribution in [0.1, 0.15) is 54.6 Å². The number of aliphatic hydroxyl groups is 1. The lowest BCUT2D eigenvalue weighted by Crippen LogP contribution is -2.46. The zero-order valence-corrected chi connectivity index (χ0v) is 20.5. The predicted octanol–water partition coefficient (Wildman–Crippen LogP) is 4.04. The van der Waals surface area contributed by atoms with Crippen LogP contribution in [0.15, 0.2) is 60.8 Å². The van der Waals surface area contributed by atoms with E-state index in [-0.39, 0.29) is 30.9 Å². The smallest absolute Gasteiger partial charge is 0.271 e. The predicted molar refractivity (Wildman–Crippen MR) is 136 cm³/mol. The molecule has 0 saturated heterocycles.